The Bertz CT molecular complexity index is 2810. The number of para-hydroxylation sites is 2. The SMILES string of the molecule is c1ccc(-c2ccc(N(c3ccc(-c4ccc5oc6ccc7ccccc7c6c5c4)cc3)c3cccc4c3oc3ccccc34)cc2)cc1. The van der Waals surface area contributed by atoms with E-state index in [4.69, 9.17) is 8.83 Å². The van der Waals surface area contributed by atoms with Crippen LogP contribution in [0.2, 0.25) is 0 Å². The maximum absolute atomic E-state index is 6.54. The van der Waals surface area contributed by atoms with E-state index in [1.165, 1.54) is 21.9 Å². The van der Waals surface area contributed by atoms with Crippen LogP contribution in [-0.2, 0) is 0 Å². The van der Waals surface area contributed by atoms with Gasteiger partial charge in [0.15, 0.2) is 5.58 Å². The van der Waals surface area contributed by atoms with Gasteiger partial charge in [-0.1, -0.05) is 121 Å². The number of fused-ring (bicyclic) bond motifs is 8. The van der Waals surface area contributed by atoms with Crippen LogP contribution in [0.1, 0.15) is 0 Å². The van der Waals surface area contributed by atoms with E-state index in [0.717, 1.165) is 72.1 Å². The molecule has 0 aliphatic carbocycles. The standard InChI is InChI=1S/C46H29NO2/c1-2-9-30(10-3-1)31-17-23-35(24-18-31)47(41-15-8-14-39-38-13-6-7-16-42(38)49-46(39)41)36-25-19-32(20-26-36)34-22-27-43-40(29-34)45-37-12-5-4-11-33(37)21-28-44(45)48-43/h1-29H. The van der Waals surface area contributed by atoms with E-state index in [9.17, 15) is 0 Å². The molecular weight excluding hydrogens is 599 g/mol. The summed E-state index contributed by atoms with van der Waals surface area (Å²) < 4.78 is 12.8. The van der Waals surface area contributed by atoms with Gasteiger partial charge in [0.25, 0.3) is 0 Å². The summed E-state index contributed by atoms with van der Waals surface area (Å²) in [5.74, 6) is 0. The third-order valence-electron chi connectivity index (χ3n) is 9.68. The summed E-state index contributed by atoms with van der Waals surface area (Å²) in [6, 6.07) is 62.0. The van der Waals surface area contributed by atoms with E-state index in [2.05, 4.69) is 169 Å². The molecule has 0 radical (unpaired) electrons. The number of anilines is 3. The highest BCUT2D eigenvalue weighted by molar-refractivity contribution is 6.19. The van der Waals surface area contributed by atoms with E-state index in [-0.39, 0.29) is 0 Å². The van der Waals surface area contributed by atoms with Crippen LogP contribution in [0.15, 0.2) is 185 Å². The molecular formula is C46H29NO2. The predicted molar refractivity (Wildman–Crippen MR) is 204 cm³/mol. The zero-order valence-electron chi connectivity index (χ0n) is 26.5. The lowest BCUT2D eigenvalue weighted by atomic mass is 9.99. The summed E-state index contributed by atoms with van der Waals surface area (Å²) in [5.41, 5.74) is 11.3. The van der Waals surface area contributed by atoms with Gasteiger partial charge in [-0.25, -0.2) is 0 Å². The molecule has 8 aromatic carbocycles. The van der Waals surface area contributed by atoms with Crippen LogP contribution in [0.4, 0.5) is 17.1 Å². The quantitative estimate of drug-likeness (QED) is 0.190. The number of furan rings is 2. The Morgan fingerprint density at radius 2 is 0.939 bits per heavy atom. The van der Waals surface area contributed by atoms with Crippen molar-refractivity contribution in [1.29, 1.82) is 0 Å². The highest BCUT2D eigenvalue weighted by Gasteiger charge is 2.20. The Hall–Kier alpha value is -6.58. The third-order valence-corrected chi connectivity index (χ3v) is 9.68. The molecule has 0 spiro atoms. The van der Waals surface area contributed by atoms with Crippen LogP contribution >= 0.6 is 0 Å². The minimum absolute atomic E-state index is 0.865. The van der Waals surface area contributed by atoms with Gasteiger partial charge in [-0.15, -0.1) is 0 Å². The fourth-order valence-corrected chi connectivity index (χ4v) is 7.30. The van der Waals surface area contributed by atoms with Gasteiger partial charge < -0.3 is 13.7 Å². The van der Waals surface area contributed by atoms with E-state index < -0.39 is 0 Å². The van der Waals surface area contributed by atoms with Crippen LogP contribution in [-0.4, -0.2) is 0 Å². The Morgan fingerprint density at radius 3 is 1.73 bits per heavy atom. The molecule has 0 N–H and O–H groups in total. The van der Waals surface area contributed by atoms with Gasteiger partial charge in [-0.05, 0) is 87.6 Å². The van der Waals surface area contributed by atoms with Crippen molar-refractivity contribution in [2.24, 2.45) is 0 Å². The number of hydrogen-bond acceptors (Lipinski definition) is 3. The first-order chi connectivity index (χ1) is 24.3. The number of nitrogens with zero attached hydrogens (tertiary/aromatic N) is 1. The summed E-state index contributed by atoms with van der Waals surface area (Å²) in [6.07, 6.45) is 0. The van der Waals surface area contributed by atoms with Gasteiger partial charge in [-0.2, -0.15) is 0 Å². The minimum atomic E-state index is 0.865. The number of hydrogen-bond donors (Lipinski definition) is 0. The van der Waals surface area contributed by atoms with Gasteiger partial charge in [0.05, 0.1) is 5.69 Å². The molecule has 2 aromatic heterocycles. The lowest BCUT2D eigenvalue weighted by Gasteiger charge is -2.26. The Labute approximate surface area is 282 Å². The van der Waals surface area contributed by atoms with E-state index >= 15 is 0 Å². The second-order valence-electron chi connectivity index (χ2n) is 12.5. The normalized spacial score (nSPS) is 11.7. The highest BCUT2D eigenvalue weighted by Crippen LogP contribution is 2.43. The van der Waals surface area contributed by atoms with Crippen LogP contribution in [0.3, 0.4) is 0 Å². The van der Waals surface area contributed by atoms with Gasteiger partial charge >= 0.3 is 0 Å². The first-order valence-electron chi connectivity index (χ1n) is 16.6. The van der Waals surface area contributed by atoms with Crippen LogP contribution in [0, 0.1) is 0 Å². The molecule has 0 bridgehead atoms. The van der Waals surface area contributed by atoms with Crippen molar-refractivity contribution in [3.05, 3.63) is 176 Å². The summed E-state index contributed by atoms with van der Waals surface area (Å²) in [5, 5.41) is 6.93. The zero-order chi connectivity index (χ0) is 32.3. The maximum atomic E-state index is 6.54. The lowest BCUT2D eigenvalue weighted by molar-refractivity contribution is 0.669. The average Bonchev–Trinajstić information content (AvgIpc) is 3.75. The molecule has 0 aliphatic heterocycles. The third kappa shape index (κ3) is 4.51. The molecule has 3 nitrogen and oxygen atoms in total. The van der Waals surface area contributed by atoms with E-state index in [0.29, 0.717) is 0 Å². The van der Waals surface area contributed by atoms with Gasteiger partial charge in [0.2, 0.25) is 0 Å². The molecule has 0 unspecified atom stereocenters. The molecule has 0 saturated heterocycles. The Balaban J connectivity index is 1.10. The first-order valence-corrected chi connectivity index (χ1v) is 16.6. The van der Waals surface area contributed by atoms with Crippen molar-refractivity contribution in [2.75, 3.05) is 4.90 Å². The number of benzene rings is 8. The van der Waals surface area contributed by atoms with Crippen molar-refractivity contribution < 1.29 is 8.83 Å². The molecule has 230 valence electrons. The van der Waals surface area contributed by atoms with Gasteiger partial charge in [0.1, 0.15) is 16.7 Å². The molecule has 0 amide bonds. The Morgan fingerprint density at radius 1 is 0.347 bits per heavy atom. The number of rotatable bonds is 5. The second-order valence-corrected chi connectivity index (χ2v) is 12.5. The van der Waals surface area contributed by atoms with Crippen molar-refractivity contribution in [3.8, 4) is 22.3 Å². The molecule has 0 aliphatic rings. The molecule has 3 heteroatoms. The monoisotopic (exact) mass is 627 g/mol. The topological polar surface area (TPSA) is 29.5 Å². The van der Waals surface area contributed by atoms with Gasteiger partial charge in [-0.3, -0.25) is 0 Å². The molecule has 49 heavy (non-hydrogen) atoms. The Kier molecular flexibility index (Phi) is 6.18. The van der Waals surface area contributed by atoms with E-state index in [1.807, 2.05) is 12.1 Å². The van der Waals surface area contributed by atoms with Crippen LogP contribution in [0.25, 0.3) is 76.9 Å². The molecule has 0 saturated carbocycles. The molecule has 0 atom stereocenters. The lowest BCUT2D eigenvalue weighted by Crippen LogP contribution is -2.10. The molecule has 10 aromatic rings. The smallest absolute Gasteiger partial charge is 0.159 e. The zero-order valence-corrected chi connectivity index (χ0v) is 26.5. The summed E-state index contributed by atoms with van der Waals surface area (Å²) >= 11 is 0. The largest absolute Gasteiger partial charge is 0.456 e. The molecule has 0 fully saturated rings. The minimum Gasteiger partial charge on any atom is -0.456 e. The fourth-order valence-electron chi connectivity index (χ4n) is 7.30. The summed E-state index contributed by atoms with van der Waals surface area (Å²) in [7, 11) is 0. The van der Waals surface area contributed by atoms with Crippen molar-refractivity contribution in [1.82, 2.24) is 0 Å². The fraction of sp³-hybridized carbons (Fsp3) is 0. The van der Waals surface area contributed by atoms with E-state index in [1.54, 1.807) is 0 Å². The van der Waals surface area contributed by atoms with Crippen molar-refractivity contribution in [3.63, 3.8) is 0 Å². The van der Waals surface area contributed by atoms with Crippen LogP contribution in [0.5, 0.6) is 0 Å². The van der Waals surface area contributed by atoms with Gasteiger partial charge in [0, 0.05) is 32.9 Å². The molecule has 2 heterocycles. The summed E-state index contributed by atoms with van der Waals surface area (Å²) in [6.45, 7) is 0. The van der Waals surface area contributed by atoms with Crippen LogP contribution < -0.4 is 4.90 Å². The summed E-state index contributed by atoms with van der Waals surface area (Å²) in [4.78, 5) is 2.29. The highest BCUT2D eigenvalue weighted by atomic mass is 16.3. The van der Waals surface area contributed by atoms with Crippen molar-refractivity contribution in [2.45, 2.75) is 0 Å². The average molecular weight is 628 g/mol. The predicted octanol–water partition coefficient (Wildman–Crippen LogP) is 13.4. The molecule has 10 rings (SSSR count). The van der Waals surface area contributed by atoms with Crippen molar-refractivity contribution >= 4 is 71.7 Å². The maximum Gasteiger partial charge on any atom is 0.159 e. The second kappa shape index (κ2) is 11.0. The first kappa shape index (κ1) is 27.5.